The molecular formula is C38H20N6. The lowest BCUT2D eigenvalue weighted by molar-refractivity contribution is 1.14. The molecule has 0 fully saturated rings. The highest BCUT2D eigenvalue weighted by Gasteiger charge is 2.21. The smallest absolute Gasteiger partial charge is 0.188 e. The van der Waals surface area contributed by atoms with Gasteiger partial charge in [-0.15, -0.1) is 0 Å². The van der Waals surface area contributed by atoms with Crippen LogP contribution in [-0.2, 0) is 0 Å². The fourth-order valence-corrected chi connectivity index (χ4v) is 6.40. The molecule has 3 heterocycles. The molecule has 0 saturated heterocycles. The zero-order chi connectivity index (χ0) is 29.8. The second-order valence-corrected chi connectivity index (χ2v) is 10.6. The molecule has 0 unspecified atom stereocenters. The van der Waals surface area contributed by atoms with Crippen LogP contribution in [0.2, 0.25) is 0 Å². The van der Waals surface area contributed by atoms with E-state index in [9.17, 15) is 10.5 Å². The van der Waals surface area contributed by atoms with E-state index in [2.05, 4.69) is 55.4 Å². The molecule has 0 spiro atoms. The highest BCUT2D eigenvalue weighted by Crippen LogP contribution is 2.41. The number of rotatable bonds is 3. The third-order valence-corrected chi connectivity index (χ3v) is 8.28. The van der Waals surface area contributed by atoms with Crippen LogP contribution in [0.3, 0.4) is 0 Å². The standard InChI is InChI=1S/C38H20N6/c1-41-26-12-15-36-31(20-26)28-7-3-5-9-34(28)44(36)38-19-25(22-40)10-13-29(38)32-23-42-17-16-37(32)43-33-8-4-2-6-27(33)30-18-24(21-39)11-14-35(30)43/h2-20,23H. The SMILES string of the molecule is [C-]#[N+]c1ccc2c(c1)c1ccccc1n2-c1cc(C#N)ccc1-c1cnccc1-n1c2ccccc2c2cc(C#N)ccc21. The number of aromatic nitrogens is 3. The number of benzene rings is 5. The molecule has 5 aromatic carbocycles. The summed E-state index contributed by atoms with van der Waals surface area (Å²) in [6, 6.07) is 40.2. The Hall–Kier alpha value is -6.68. The number of fused-ring (bicyclic) bond motifs is 6. The Kier molecular flexibility index (Phi) is 5.53. The lowest BCUT2D eigenvalue weighted by atomic mass is 10.0. The summed E-state index contributed by atoms with van der Waals surface area (Å²) in [7, 11) is 0. The van der Waals surface area contributed by atoms with Crippen molar-refractivity contribution >= 4 is 49.3 Å². The fraction of sp³-hybridized carbons (Fsp3) is 0. The molecule has 0 saturated carbocycles. The number of hydrogen-bond acceptors (Lipinski definition) is 3. The van der Waals surface area contributed by atoms with Gasteiger partial charge in [0, 0.05) is 39.7 Å². The molecule has 0 amide bonds. The summed E-state index contributed by atoms with van der Waals surface area (Å²) in [6.07, 6.45) is 3.66. The molecule has 0 aliphatic carbocycles. The van der Waals surface area contributed by atoms with Gasteiger partial charge in [-0.3, -0.25) is 4.98 Å². The number of nitriles is 2. The van der Waals surface area contributed by atoms with E-state index in [1.165, 1.54) is 0 Å². The van der Waals surface area contributed by atoms with Gasteiger partial charge in [-0.05, 0) is 66.0 Å². The molecule has 0 N–H and O–H groups in total. The lowest BCUT2D eigenvalue weighted by Gasteiger charge is -2.18. The third-order valence-electron chi connectivity index (χ3n) is 8.28. The number of para-hydroxylation sites is 2. The van der Waals surface area contributed by atoms with Gasteiger partial charge in [0.25, 0.3) is 0 Å². The Labute approximate surface area is 252 Å². The van der Waals surface area contributed by atoms with Crippen molar-refractivity contribution in [2.45, 2.75) is 0 Å². The van der Waals surface area contributed by atoms with E-state index in [0.29, 0.717) is 16.8 Å². The van der Waals surface area contributed by atoms with Crippen molar-refractivity contribution in [3.63, 3.8) is 0 Å². The second kappa shape index (κ2) is 9.71. The second-order valence-electron chi connectivity index (χ2n) is 10.6. The summed E-state index contributed by atoms with van der Waals surface area (Å²) in [5.74, 6) is 0. The van der Waals surface area contributed by atoms with Crippen LogP contribution in [0.4, 0.5) is 5.69 Å². The van der Waals surface area contributed by atoms with Crippen LogP contribution in [0.15, 0.2) is 122 Å². The number of hydrogen-bond donors (Lipinski definition) is 0. The molecule has 0 atom stereocenters. The Morgan fingerprint density at radius 1 is 0.568 bits per heavy atom. The van der Waals surface area contributed by atoms with Crippen molar-refractivity contribution in [1.29, 1.82) is 10.5 Å². The first-order valence-electron chi connectivity index (χ1n) is 14.0. The Bertz CT molecular complexity index is 2600. The minimum Gasteiger partial charge on any atom is -0.309 e. The molecule has 8 aromatic rings. The van der Waals surface area contributed by atoms with Gasteiger partial charge < -0.3 is 9.13 Å². The Morgan fingerprint density at radius 3 is 1.86 bits per heavy atom. The van der Waals surface area contributed by atoms with E-state index < -0.39 is 0 Å². The highest BCUT2D eigenvalue weighted by atomic mass is 15.0. The van der Waals surface area contributed by atoms with E-state index in [0.717, 1.165) is 66.1 Å². The summed E-state index contributed by atoms with van der Waals surface area (Å²) in [5, 5.41) is 23.7. The average molecular weight is 561 g/mol. The van der Waals surface area contributed by atoms with Crippen LogP contribution < -0.4 is 0 Å². The van der Waals surface area contributed by atoms with Gasteiger partial charge in [0.05, 0.1) is 63.3 Å². The van der Waals surface area contributed by atoms with Gasteiger partial charge in [0.1, 0.15) is 0 Å². The van der Waals surface area contributed by atoms with Gasteiger partial charge >= 0.3 is 0 Å². The third kappa shape index (κ3) is 3.61. The van der Waals surface area contributed by atoms with Gasteiger partial charge in [-0.1, -0.05) is 48.5 Å². The van der Waals surface area contributed by atoms with Crippen molar-refractivity contribution in [2.24, 2.45) is 0 Å². The normalized spacial score (nSPS) is 11.1. The summed E-state index contributed by atoms with van der Waals surface area (Å²) in [6.45, 7) is 7.58. The van der Waals surface area contributed by atoms with Gasteiger partial charge in [-0.2, -0.15) is 10.5 Å². The monoisotopic (exact) mass is 560 g/mol. The molecule has 0 bridgehead atoms. The van der Waals surface area contributed by atoms with E-state index in [-0.39, 0.29) is 0 Å². The summed E-state index contributed by atoms with van der Waals surface area (Å²) < 4.78 is 4.40. The van der Waals surface area contributed by atoms with E-state index in [1.807, 2.05) is 91.1 Å². The fourth-order valence-electron chi connectivity index (χ4n) is 6.40. The van der Waals surface area contributed by atoms with E-state index in [1.54, 1.807) is 6.20 Å². The lowest BCUT2D eigenvalue weighted by Crippen LogP contribution is -2.02. The van der Waals surface area contributed by atoms with E-state index in [4.69, 9.17) is 6.57 Å². The molecule has 6 heteroatoms. The molecule has 0 aliphatic heterocycles. The van der Waals surface area contributed by atoms with Crippen LogP contribution in [0.1, 0.15) is 11.1 Å². The van der Waals surface area contributed by atoms with Crippen molar-refractivity contribution < 1.29 is 0 Å². The van der Waals surface area contributed by atoms with Gasteiger partial charge in [0.2, 0.25) is 0 Å². The topological polar surface area (TPSA) is 74.7 Å². The number of pyridine rings is 1. The minimum atomic E-state index is 0.541. The van der Waals surface area contributed by atoms with Gasteiger partial charge in [0.15, 0.2) is 5.69 Å². The van der Waals surface area contributed by atoms with Crippen molar-refractivity contribution in [3.8, 4) is 34.6 Å². The molecule has 8 rings (SSSR count). The molecule has 0 aliphatic rings. The quantitative estimate of drug-likeness (QED) is 0.202. The molecule has 0 radical (unpaired) electrons. The van der Waals surface area contributed by atoms with Crippen molar-refractivity contribution in [2.75, 3.05) is 0 Å². The van der Waals surface area contributed by atoms with Crippen LogP contribution in [0.25, 0.3) is 71.0 Å². The van der Waals surface area contributed by atoms with Crippen LogP contribution >= 0.6 is 0 Å². The molecule has 44 heavy (non-hydrogen) atoms. The summed E-state index contributed by atoms with van der Waals surface area (Å²) in [5.41, 5.74) is 9.22. The first-order chi connectivity index (χ1) is 21.7. The molecule has 202 valence electrons. The zero-order valence-electron chi connectivity index (χ0n) is 23.2. The predicted molar refractivity (Wildman–Crippen MR) is 174 cm³/mol. The maximum atomic E-state index is 9.97. The van der Waals surface area contributed by atoms with Crippen LogP contribution in [0, 0.1) is 29.2 Å². The van der Waals surface area contributed by atoms with E-state index >= 15 is 0 Å². The van der Waals surface area contributed by atoms with Gasteiger partial charge in [-0.25, -0.2) is 4.85 Å². The maximum absolute atomic E-state index is 9.97. The largest absolute Gasteiger partial charge is 0.309 e. The Balaban J connectivity index is 1.48. The molecule has 3 aromatic heterocycles. The van der Waals surface area contributed by atoms with Crippen molar-refractivity contribution in [1.82, 2.24) is 14.1 Å². The van der Waals surface area contributed by atoms with Crippen molar-refractivity contribution in [3.05, 3.63) is 144 Å². The summed E-state index contributed by atoms with van der Waals surface area (Å²) >= 11 is 0. The highest BCUT2D eigenvalue weighted by molar-refractivity contribution is 6.12. The first-order valence-corrected chi connectivity index (χ1v) is 14.0. The molecule has 6 nitrogen and oxygen atoms in total. The average Bonchev–Trinajstić information content (AvgIpc) is 3.60. The zero-order valence-corrected chi connectivity index (χ0v) is 23.2. The molecular weight excluding hydrogens is 540 g/mol. The first kappa shape index (κ1) is 25.1. The minimum absolute atomic E-state index is 0.541. The Morgan fingerprint density at radius 2 is 1.16 bits per heavy atom. The predicted octanol–water partition coefficient (Wildman–Crippen LogP) is 9.24. The van der Waals surface area contributed by atoms with Crippen LogP contribution in [-0.4, -0.2) is 14.1 Å². The number of nitrogens with zero attached hydrogens (tertiary/aromatic N) is 6. The maximum Gasteiger partial charge on any atom is 0.188 e. The van der Waals surface area contributed by atoms with Crippen LogP contribution in [0.5, 0.6) is 0 Å². The summed E-state index contributed by atoms with van der Waals surface area (Å²) in [4.78, 5) is 8.24.